The fourth-order valence-electron chi connectivity index (χ4n) is 3.24. The van der Waals surface area contributed by atoms with Crippen molar-refractivity contribution in [3.05, 3.63) is 17.5 Å². The van der Waals surface area contributed by atoms with Gasteiger partial charge < -0.3 is 4.90 Å². The summed E-state index contributed by atoms with van der Waals surface area (Å²) < 4.78 is 0. The molecule has 100 valence electrons. The third-order valence-electron chi connectivity index (χ3n) is 4.39. The molecular formula is C14H19N5. The van der Waals surface area contributed by atoms with Gasteiger partial charge in [0, 0.05) is 30.9 Å². The molecule has 5 heteroatoms. The highest BCUT2D eigenvalue weighted by molar-refractivity contribution is 5.36. The number of nitriles is 1. The Hall–Kier alpha value is -1.67. The number of likely N-dealkylation sites (N-methyl/N-ethyl adjacent to an activating group) is 1. The highest BCUT2D eigenvalue weighted by atomic mass is 15.3. The molecule has 0 radical (unpaired) electrons. The standard InChI is InChI=1S/C14H19N5/c1-10-7-11(8-15)17-14(16-10)19-6-5-12-3-4-13(9-19)18(12)2/h7,12-13H,3-6,9H2,1-2H3. The maximum Gasteiger partial charge on any atom is 0.226 e. The average Bonchev–Trinajstić information content (AvgIpc) is 2.62. The van der Waals surface area contributed by atoms with Crippen molar-refractivity contribution in [3.63, 3.8) is 0 Å². The van der Waals surface area contributed by atoms with Crippen LogP contribution < -0.4 is 4.90 Å². The monoisotopic (exact) mass is 257 g/mol. The average molecular weight is 257 g/mol. The van der Waals surface area contributed by atoms with Gasteiger partial charge in [0.25, 0.3) is 0 Å². The lowest BCUT2D eigenvalue weighted by Crippen LogP contribution is -2.37. The molecule has 0 aromatic carbocycles. The molecule has 2 bridgehead atoms. The van der Waals surface area contributed by atoms with Gasteiger partial charge in [-0.15, -0.1) is 0 Å². The van der Waals surface area contributed by atoms with Crippen LogP contribution in [-0.2, 0) is 0 Å². The predicted molar refractivity (Wildman–Crippen MR) is 72.9 cm³/mol. The molecule has 19 heavy (non-hydrogen) atoms. The van der Waals surface area contributed by atoms with Crippen molar-refractivity contribution in [1.82, 2.24) is 14.9 Å². The highest BCUT2D eigenvalue weighted by Crippen LogP contribution is 2.29. The van der Waals surface area contributed by atoms with E-state index in [1.54, 1.807) is 6.07 Å². The number of hydrogen-bond donors (Lipinski definition) is 0. The minimum Gasteiger partial charge on any atom is -0.339 e. The fraction of sp³-hybridized carbons (Fsp3) is 0.643. The molecule has 0 saturated carbocycles. The van der Waals surface area contributed by atoms with Crippen LogP contribution in [0, 0.1) is 18.3 Å². The van der Waals surface area contributed by atoms with E-state index in [0.29, 0.717) is 17.8 Å². The lowest BCUT2D eigenvalue weighted by atomic mass is 10.1. The summed E-state index contributed by atoms with van der Waals surface area (Å²) in [6, 6.07) is 5.16. The van der Waals surface area contributed by atoms with Gasteiger partial charge in [0.2, 0.25) is 5.95 Å². The Bertz CT molecular complexity index is 521. The zero-order valence-corrected chi connectivity index (χ0v) is 11.5. The van der Waals surface area contributed by atoms with Gasteiger partial charge in [-0.1, -0.05) is 0 Å². The van der Waals surface area contributed by atoms with Gasteiger partial charge in [0.15, 0.2) is 0 Å². The van der Waals surface area contributed by atoms with E-state index in [1.165, 1.54) is 12.8 Å². The van der Waals surface area contributed by atoms with Gasteiger partial charge in [-0.05, 0) is 39.3 Å². The minimum atomic E-state index is 0.463. The quantitative estimate of drug-likeness (QED) is 0.759. The number of rotatable bonds is 1. The van der Waals surface area contributed by atoms with Crippen molar-refractivity contribution in [2.45, 2.75) is 38.3 Å². The summed E-state index contributed by atoms with van der Waals surface area (Å²) in [7, 11) is 2.23. The minimum absolute atomic E-state index is 0.463. The van der Waals surface area contributed by atoms with Crippen LogP contribution in [0.25, 0.3) is 0 Å². The second-order valence-corrected chi connectivity index (χ2v) is 5.59. The van der Waals surface area contributed by atoms with Crippen LogP contribution in [0.4, 0.5) is 5.95 Å². The fourth-order valence-corrected chi connectivity index (χ4v) is 3.24. The molecule has 1 aromatic rings. The van der Waals surface area contributed by atoms with E-state index in [0.717, 1.165) is 31.2 Å². The Kier molecular flexibility index (Phi) is 3.11. The SMILES string of the molecule is Cc1cc(C#N)nc(N2CCC3CCC(C2)N3C)n1. The molecule has 2 fully saturated rings. The zero-order valence-electron chi connectivity index (χ0n) is 11.5. The van der Waals surface area contributed by atoms with Gasteiger partial charge in [-0.25, -0.2) is 9.97 Å². The van der Waals surface area contributed by atoms with Crippen molar-refractivity contribution in [3.8, 4) is 6.07 Å². The van der Waals surface area contributed by atoms with E-state index in [9.17, 15) is 0 Å². The number of anilines is 1. The van der Waals surface area contributed by atoms with Crippen molar-refractivity contribution in [2.24, 2.45) is 0 Å². The Labute approximate surface area is 113 Å². The molecule has 0 spiro atoms. The summed E-state index contributed by atoms with van der Waals surface area (Å²) in [4.78, 5) is 13.6. The first-order chi connectivity index (χ1) is 9.17. The van der Waals surface area contributed by atoms with Crippen LogP contribution in [0.5, 0.6) is 0 Å². The number of aryl methyl sites for hydroxylation is 1. The Morgan fingerprint density at radius 3 is 2.84 bits per heavy atom. The maximum absolute atomic E-state index is 9.02. The second kappa shape index (κ2) is 4.78. The first-order valence-corrected chi connectivity index (χ1v) is 6.90. The van der Waals surface area contributed by atoms with Crippen LogP contribution in [0.1, 0.15) is 30.7 Å². The summed E-state index contributed by atoms with van der Waals surface area (Å²) in [6.45, 7) is 3.88. The number of aromatic nitrogens is 2. The summed E-state index contributed by atoms with van der Waals surface area (Å²) in [5, 5.41) is 9.02. The molecule has 3 rings (SSSR count). The normalized spacial score (nSPS) is 27.1. The molecule has 0 aliphatic carbocycles. The van der Waals surface area contributed by atoms with Gasteiger partial charge in [-0.2, -0.15) is 5.26 Å². The van der Waals surface area contributed by atoms with Gasteiger partial charge in [0.1, 0.15) is 11.8 Å². The second-order valence-electron chi connectivity index (χ2n) is 5.59. The number of hydrogen-bond acceptors (Lipinski definition) is 5. The molecule has 2 atom stereocenters. The summed E-state index contributed by atoms with van der Waals surface area (Å²) >= 11 is 0. The maximum atomic E-state index is 9.02. The van der Waals surface area contributed by atoms with Crippen molar-refractivity contribution >= 4 is 5.95 Å². The first kappa shape index (κ1) is 12.4. The van der Waals surface area contributed by atoms with Gasteiger partial charge >= 0.3 is 0 Å². The smallest absolute Gasteiger partial charge is 0.226 e. The largest absolute Gasteiger partial charge is 0.339 e. The van der Waals surface area contributed by atoms with E-state index in [2.05, 4.69) is 32.9 Å². The lowest BCUT2D eigenvalue weighted by molar-refractivity contribution is 0.254. The third-order valence-corrected chi connectivity index (χ3v) is 4.39. The molecule has 2 aliphatic heterocycles. The molecule has 3 heterocycles. The Morgan fingerprint density at radius 1 is 1.26 bits per heavy atom. The molecular weight excluding hydrogens is 238 g/mol. The van der Waals surface area contributed by atoms with Crippen molar-refractivity contribution in [1.29, 1.82) is 5.26 Å². The van der Waals surface area contributed by atoms with E-state index in [4.69, 9.17) is 5.26 Å². The van der Waals surface area contributed by atoms with Crippen LogP contribution in [0.2, 0.25) is 0 Å². The van der Waals surface area contributed by atoms with Gasteiger partial charge in [-0.3, -0.25) is 4.90 Å². The molecule has 5 nitrogen and oxygen atoms in total. The first-order valence-electron chi connectivity index (χ1n) is 6.90. The van der Waals surface area contributed by atoms with E-state index in [1.807, 2.05) is 6.92 Å². The summed E-state index contributed by atoms with van der Waals surface area (Å²) in [5.74, 6) is 0.720. The van der Waals surface area contributed by atoms with E-state index in [-0.39, 0.29) is 0 Å². The molecule has 2 aliphatic rings. The highest BCUT2D eigenvalue weighted by Gasteiger charge is 2.35. The molecule has 1 aromatic heterocycles. The molecule has 2 unspecified atom stereocenters. The van der Waals surface area contributed by atoms with E-state index >= 15 is 0 Å². The summed E-state index contributed by atoms with van der Waals surface area (Å²) in [6.07, 6.45) is 3.73. The Balaban J connectivity index is 1.87. The van der Waals surface area contributed by atoms with Crippen molar-refractivity contribution in [2.75, 3.05) is 25.0 Å². The molecule has 2 saturated heterocycles. The topological polar surface area (TPSA) is 56.1 Å². The van der Waals surface area contributed by atoms with Crippen LogP contribution >= 0.6 is 0 Å². The third kappa shape index (κ3) is 2.28. The summed E-state index contributed by atoms with van der Waals surface area (Å²) in [5.41, 5.74) is 1.33. The van der Waals surface area contributed by atoms with Gasteiger partial charge in [0.05, 0.1) is 0 Å². The molecule has 0 N–H and O–H groups in total. The van der Waals surface area contributed by atoms with Crippen molar-refractivity contribution < 1.29 is 0 Å². The zero-order chi connectivity index (χ0) is 13.4. The predicted octanol–water partition coefficient (Wildman–Crippen LogP) is 1.33. The lowest BCUT2D eigenvalue weighted by Gasteiger charge is -2.25. The Morgan fingerprint density at radius 2 is 2.05 bits per heavy atom. The van der Waals surface area contributed by atoms with E-state index < -0.39 is 0 Å². The number of nitrogens with zero attached hydrogens (tertiary/aromatic N) is 5. The number of fused-ring (bicyclic) bond motifs is 2. The van der Waals surface area contributed by atoms with Crippen LogP contribution in [0.15, 0.2) is 6.07 Å². The van der Waals surface area contributed by atoms with Crippen LogP contribution in [0.3, 0.4) is 0 Å². The molecule has 0 amide bonds. The van der Waals surface area contributed by atoms with Crippen LogP contribution in [-0.4, -0.2) is 47.1 Å².